The van der Waals surface area contributed by atoms with Gasteiger partial charge < -0.3 is 16.4 Å². The molecule has 1 saturated heterocycles. The van der Waals surface area contributed by atoms with Crippen LogP contribution in [0.25, 0.3) is 0 Å². The first kappa shape index (κ1) is 11.7. The van der Waals surface area contributed by atoms with E-state index in [2.05, 4.69) is 0 Å². The lowest BCUT2D eigenvalue weighted by atomic mass is 10.1. The van der Waals surface area contributed by atoms with Crippen LogP contribution in [0.4, 0.5) is 11.4 Å². The molecule has 0 aromatic heterocycles. The van der Waals surface area contributed by atoms with E-state index in [4.69, 9.17) is 23.1 Å². The molecule has 2 amide bonds. The maximum atomic E-state index is 11.8. The molecule has 1 aromatic carbocycles. The number of hydrogen-bond acceptors (Lipinski definition) is 3. The third-order valence-electron chi connectivity index (χ3n) is 2.81. The number of carbonyl (C=O) groups is 2. The van der Waals surface area contributed by atoms with Gasteiger partial charge in [-0.3, -0.25) is 9.59 Å². The summed E-state index contributed by atoms with van der Waals surface area (Å²) in [5.74, 6) is -1.09. The van der Waals surface area contributed by atoms with E-state index in [1.165, 1.54) is 4.90 Å². The Balaban J connectivity index is 2.32. The zero-order valence-corrected chi connectivity index (χ0v) is 9.78. The Morgan fingerprint density at radius 1 is 1.47 bits per heavy atom. The molecule has 1 aliphatic heterocycles. The SMILES string of the molecule is NC(=O)C1CC(=O)N(c2cc(Cl)ccc2N)C1. The highest BCUT2D eigenvalue weighted by molar-refractivity contribution is 6.31. The minimum Gasteiger partial charge on any atom is -0.397 e. The number of nitrogens with two attached hydrogens (primary N) is 2. The van der Waals surface area contributed by atoms with Gasteiger partial charge in [0.15, 0.2) is 0 Å². The van der Waals surface area contributed by atoms with Gasteiger partial charge in [0.05, 0.1) is 17.3 Å². The molecule has 17 heavy (non-hydrogen) atoms. The fraction of sp³-hybridized carbons (Fsp3) is 0.273. The van der Waals surface area contributed by atoms with Gasteiger partial charge in [-0.25, -0.2) is 0 Å². The summed E-state index contributed by atoms with van der Waals surface area (Å²) in [6.07, 6.45) is 0.126. The number of benzene rings is 1. The second-order valence-electron chi connectivity index (χ2n) is 4.01. The molecule has 1 aromatic rings. The summed E-state index contributed by atoms with van der Waals surface area (Å²) in [7, 11) is 0. The molecule has 0 bridgehead atoms. The Morgan fingerprint density at radius 3 is 2.76 bits per heavy atom. The lowest BCUT2D eigenvalue weighted by Crippen LogP contribution is -2.28. The number of hydrogen-bond donors (Lipinski definition) is 2. The summed E-state index contributed by atoms with van der Waals surface area (Å²) in [4.78, 5) is 24.3. The molecule has 0 spiro atoms. The molecular weight excluding hydrogens is 242 g/mol. The van der Waals surface area contributed by atoms with Crippen LogP contribution in [-0.2, 0) is 9.59 Å². The van der Waals surface area contributed by atoms with Gasteiger partial charge in [-0.2, -0.15) is 0 Å². The number of nitrogen functional groups attached to an aromatic ring is 1. The van der Waals surface area contributed by atoms with Gasteiger partial charge in [-0.1, -0.05) is 11.6 Å². The molecule has 6 heteroatoms. The van der Waals surface area contributed by atoms with E-state index in [1.807, 2.05) is 0 Å². The largest absolute Gasteiger partial charge is 0.397 e. The molecule has 1 aliphatic rings. The van der Waals surface area contributed by atoms with Gasteiger partial charge in [0, 0.05) is 18.0 Å². The second kappa shape index (κ2) is 4.25. The number of primary amides is 1. The molecule has 1 heterocycles. The van der Waals surface area contributed by atoms with Crippen molar-refractivity contribution in [3.8, 4) is 0 Å². The summed E-state index contributed by atoms with van der Waals surface area (Å²) in [6, 6.07) is 4.88. The zero-order chi connectivity index (χ0) is 12.6. The number of rotatable bonds is 2. The van der Waals surface area contributed by atoms with Crippen LogP contribution in [0.5, 0.6) is 0 Å². The Labute approximate surface area is 103 Å². The van der Waals surface area contributed by atoms with Crippen LogP contribution in [0.3, 0.4) is 0 Å². The summed E-state index contributed by atoms with van der Waals surface area (Å²) in [5, 5.41) is 0.490. The Hall–Kier alpha value is -1.75. The molecule has 1 unspecified atom stereocenters. The normalized spacial score (nSPS) is 19.7. The van der Waals surface area contributed by atoms with Crippen molar-refractivity contribution < 1.29 is 9.59 Å². The number of amides is 2. The van der Waals surface area contributed by atoms with Crippen molar-refractivity contribution in [1.82, 2.24) is 0 Å². The minimum atomic E-state index is -0.471. The average Bonchev–Trinajstić information content (AvgIpc) is 2.64. The van der Waals surface area contributed by atoms with Crippen molar-refractivity contribution in [2.75, 3.05) is 17.2 Å². The maximum Gasteiger partial charge on any atom is 0.227 e. The molecule has 2 rings (SSSR count). The molecular formula is C11H12ClN3O2. The van der Waals surface area contributed by atoms with Crippen molar-refractivity contribution in [3.05, 3.63) is 23.2 Å². The van der Waals surface area contributed by atoms with E-state index in [0.29, 0.717) is 16.4 Å². The fourth-order valence-corrected chi connectivity index (χ4v) is 2.05. The molecule has 1 fully saturated rings. The molecule has 0 aliphatic carbocycles. The van der Waals surface area contributed by atoms with Crippen molar-refractivity contribution >= 4 is 34.8 Å². The third kappa shape index (κ3) is 2.19. The van der Waals surface area contributed by atoms with E-state index in [9.17, 15) is 9.59 Å². The molecule has 0 saturated carbocycles. The van der Waals surface area contributed by atoms with Gasteiger partial charge in [-0.05, 0) is 18.2 Å². The molecule has 0 radical (unpaired) electrons. The first-order valence-corrected chi connectivity index (χ1v) is 5.51. The zero-order valence-electron chi connectivity index (χ0n) is 9.02. The van der Waals surface area contributed by atoms with Crippen molar-refractivity contribution in [3.63, 3.8) is 0 Å². The molecule has 5 nitrogen and oxygen atoms in total. The second-order valence-corrected chi connectivity index (χ2v) is 4.45. The van der Waals surface area contributed by atoms with Gasteiger partial charge in [-0.15, -0.1) is 0 Å². The maximum absolute atomic E-state index is 11.8. The monoisotopic (exact) mass is 253 g/mol. The van der Waals surface area contributed by atoms with Crippen molar-refractivity contribution in [1.29, 1.82) is 0 Å². The van der Waals surface area contributed by atoms with E-state index >= 15 is 0 Å². The van der Waals surface area contributed by atoms with Crippen LogP contribution in [-0.4, -0.2) is 18.4 Å². The van der Waals surface area contributed by atoms with Crippen LogP contribution >= 0.6 is 11.6 Å². The molecule has 90 valence electrons. The topological polar surface area (TPSA) is 89.4 Å². The predicted octanol–water partition coefficient (Wildman–Crippen LogP) is 0.760. The number of nitrogens with zero attached hydrogens (tertiary/aromatic N) is 1. The first-order chi connectivity index (χ1) is 7.99. The Morgan fingerprint density at radius 2 is 2.18 bits per heavy atom. The highest BCUT2D eigenvalue weighted by atomic mass is 35.5. The minimum absolute atomic E-state index is 0.126. The Kier molecular flexibility index (Phi) is 2.93. The number of halogens is 1. The predicted molar refractivity (Wildman–Crippen MR) is 65.5 cm³/mol. The third-order valence-corrected chi connectivity index (χ3v) is 3.05. The fourth-order valence-electron chi connectivity index (χ4n) is 1.88. The van der Waals surface area contributed by atoms with Gasteiger partial charge in [0.2, 0.25) is 11.8 Å². The van der Waals surface area contributed by atoms with Crippen LogP contribution in [0.2, 0.25) is 5.02 Å². The van der Waals surface area contributed by atoms with Crippen LogP contribution in [0, 0.1) is 5.92 Å². The van der Waals surface area contributed by atoms with Crippen LogP contribution in [0.15, 0.2) is 18.2 Å². The first-order valence-electron chi connectivity index (χ1n) is 5.13. The highest BCUT2D eigenvalue weighted by Gasteiger charge is 2.34. The Bertz CT molecular complexity index is 490. The van der Waals surface area contributed by atoms with Crippen molar-refractivity contribution in [2.45, 2.75) is 6.42 Å². The van der Waals surface area contributed by atoms with E-state index in [-0.39, 0.29) is 18.9 Å². The standard InChI is InChI=1S/C11H12ClN3O2/c12-7-1-2-8(13)9(4-7)15-5-6(11(14)17)3-10(15)16/h1-2,4,6H,3,5,13H2,(H2,14,17). The van der Waals surface area contributed by atoms with E-state index in [0.717, 1.165) is 0 Å². The van der Waals surface area contributed by atoms with Gasteiger partial charge in [0.1, 0.15) is 0 Å². The summed E-state index contributed by atoms with van der Waals surface area (Å²) in [6.45, 7) is 0.263. The average molecular weight is 254 g/mol. The van der Waals surface area contributed by atoms with Gasteiger partial charge in [0.25, 0.3) is 0 Å². The smallest absolute Gasteiger partial charge is 0.227 e. The lowest BCUT2D eigenvalue weighted by molar-refractivity contribution is -0.123. The summed E-state index contributed by atoms with van der Waals surface area (Å²) in [5.41, 5.74) is 12.0. The van der Waals surface area contributed by atoms with Crippen molar-refractivity contribution in [2.24, 2.45) is 11.7 Å². The molecule has 1 atom stereocenters. The van der Waals surface area contributed by atoms with Gasteiger partial charge >= 0.3 is 0 Å². The number of anilines is 2. The van der Waals surface area contributed by atoms with Crippen LogP contribution < -0.4 is 16.4 Å². The number of carbonyl (C=O) groups excluding carboxylic acids is 2. The van der Waals surface area contributed by atoms with Crippen LogP contribution in [0.1, 0.15) is 6.42 Å². The summed E-state index contributed by atoms with van der Waals surface area (Å²) >= 11 is 5.86. The lowest BCUT2D eigenvalue weighted by Gasteiger charge is -2.18. The summed E-state index contributed by atoms with van der Waals surface area (Å²) < 4.78 is 0. The highest BCUT2D eigenvalue weighted by Crippen LogP contribution is 2.31. The molecule has 4 N–H and O–H groups in total. The van der Waals surface area contributed by atoms with E-state index < -0.39 is 11.8 Å². The van der Waals surface area contributed by atoms with E-state index in [1.54, 1.807) is 18.2 Å². The quantitative estimate of drug-likeness (QED) is 0.763.